The molecule has 0 N–H and O–H groups in total. The summed E-state index contributed by atoms with van der Waals surface area (Å²) >= 11 is 0. The average Bonchev–Trinajstić information content (AvgIpc) is 2.93. The van der Waals surface area contributed by atoms with Gasteiger partial charge in [0.15, 0.2) is 0 Å². The van der Waals surface area contributed by atoms with E-state index in [4.69, 9.17) is 9.47 Å². The fourth-order valence-electron chi connectivity index (χ4n) is 4.01. The zero-order valence-corrected chi connectivity index (χ0v) is 22.6. The summed E-state index contributed by atoms with van der Waals surface area (Å²) in [6.07, 6.45) is 9.05. The largest absolute Gasteiger partial charge is 0.494 e. The summed E-state index contributed by atoms with van der Waals surface area (Å²) < 4.78 is 11.0. The molecule has 0 bridgehead atoms. The minimum absolute atomic E-state index is 0.291. The molecule has 7 heteroatoms. The Hall–Kier alpha value is -3.87. The molecule has 0 saturated heterocycles. The quantitative estimate of drug-likeness (QED) is 0.0825. The van der Waals surface area contributed by atoms with Gasteiger partial charge in [0.2, 0.25) is 0 Å². The molecule has 0 saturated carbocycles. The van der Waals surface area contributed by atoms with Gasteiger partial charge >= 0.3 is 5.97 Å². The van der Waals surface area contributed by atoms with Crippen LogP contribution in [0.15, 0.2) is 93.3 Å². The normalized spacial score (nSPS) is 11.4. The molecule has 0 radical (unpaired) electrons. The molecule has 0 amide bonds. The second-order valence-electron chi connectivity index (χ2n) is 9.24. The van der Waals surface area contributed by atoms with E-state index in [2.05, 4.69) is 27.0 Å². The van der Waals surface area contributed by atoms with Crippen LogP contribution >= 0.6 is 0 Å². The number of esters is 1. The molecule has 0 heterocycles. The van der Waals surface area contributed by atoms with Gasteiger partial charge in [-0.15, -0.1) is 5.11 Å². The molecule has 3 aromatic rings. The summed E-state index contributed by atoms with van der Waals surface area (Å²) in [7, 11) is 1.66. The van der Waals surface area contributed by atoms with Crippen molar-refractivity contribution in [3.63, 3.8) is 0 Å². The second-order valence-corrected chi connectivity index (χ2v) is 9.24. The van der Waals surface area contributed by atoms with Gasteiger partial charge in [0, 0.05) is 23.4 Å². The standard InChI is InChI=1S/C31H38N4O3/c1-24(2)31(36)38-23-13-9-7-5-4-6-8-12-22-37-26-18-16-25(17-19-26)33-35-30-21-20-29(34-32-3)27-14-10-11-15-28(27)30/h10-11,14-21H,1,4-9,12-13,22-23H2,2-3H3. The molecule has 0 unspecified atom stereocenters. The predicted molar refractivity (Wildman–Crippen MR) is 153 cm³/mol. The van der Waals surface area contributed by atoms with E-state index < -0.39 is 0 Å². The number of hydrogen-bond acceptors (Lipinski definition) is 7. The van der Waals surface area contributed by atoms with Crippen molar-refractivity contribution < 1.29 is 14.3 Å². The fourth-order valence-corrected chi connectivity index (χ4v) is 4.01. The zero-order valence-electron chi connectivity index (χ0n) is 22.6. The lowest BCUT2D eigenvalue weighted by Crippen LogP contribution is -2.05. The molecule has 0 aliphatic rings. The summed E-state index contributed by atoms with van der Waals surface area (Å²) in [5.74, 6) is 0.553. The molecule has 3 rings (SSSR count). The lowest BCUT2D eigenvalue weighted by molar-refractivity contribution is -0.139. The van der Waals surface area contributed by atoms with Crippen molar-refractivity contribution in [2.75, 3.05) is 20.3 Å². The number of benzene rings is 3. The van der Waals surface area contributed by atoms with E-state index >= 15 is 0 Å². The van der Waals surface area contributed by atoms with E-state index in [1.165, 1.54) is 25.7 Å². The van der Waals surface area contributed by atoms with Crippen molar-refractivity contribution in [2.24, 2.45) is 20.5 Å². The molecule has 7 nitrogen and oxygen atoms in total. The van der Waals surface area contributed by atoms with Crippen LogP contribution in [0.1, 0.15) is 58.3 Å². The van der Waals surface area contributed by atoms with Crippen LogP contribution in [0.25, 0.3) is 10.8 Å². The summed E-state index contributed by atoms with van der Waals surface area (Å²) in [6.45, 7) is 6.45. The zero-order chi connectivity index (χ0) is 27.0. The van der Waals surface area contributed by atoms with Crippen LogP contribution in [0.4, 0.5) is 17.1 Å². The molecular formula is C31H38N4O3. The number of hydrogen-bond donors (Lipinski definition) is 0. The van der Waals surface area contributed by atoms with Crippen molar-refractivity contribution in [1.82, 2.24) is 0 Å². The highest BCUT2D eigenvalue weighted by molar-refractivity contribution is 5.99. The monoisotopic (exact) mass is 514 g/mol. The van der Waals surface area contributed by atoms with Gasteiger partial charge in [0.25, 0.3) is 0 Å². The molecule has 38 heavy (non-hydrogen) atoms. The van der Waals surface area contributed by atoms with Crippen molar-refractivity contribution in [1.29, 1.82) is 0 Å². The molecular weight excluding hydrogens is 476 g/mol. The van der Waals surface area contributed by atoms with Crippen LogP contribution in [-0.2, 0) is 9.53 Å². The summed E-state index contributed by atoms with van der Waals surface area (Å²) in [5, 5.41) is 19.0. The van der Waals surface area contributed by atoms with Gasteiger partial charge < -0.3 is 9.47 Å². The highest BCUT2D eigenvalue weighted by Crippen LogP contribution is 2.34. The van der Waals surface area contributed by atoms with E-state index in [1.807, 2.05) is 60.7 Å². The number of carbonyl (C=O) groups is 1. The van der Waals surface area contributed by atoms with Crippen LogP contribution in [0, 0.1) is 0 Å². The third kappa shape index (κ3) is 9.54. The SMILES string of the molecule is C=C(C)C(=O)OCCCCCCCCCCOc1ccc(N=Nc2ccc(N=NC)c3ccccc23)cc1. The van der Waals surface area contributed by atoms with E-state index in [1.54, 1.807) is 14.0 Å². The molecule has 0 spiro atoms. The average molecular weight is 515 g/mol. The van der Waals surface area contributed by atoms with Gasteiger partial charge in [-0.1, -0.05) is 69.4 Å². The fraction of sp³-hybridized carbons (Fsp3) is 0.387. The molecule has 0 aromatic heterocycles. The van der Waals surface area contributed by atoms with Crippen LogP contribution in [-0.4, -0.2) is 26.2 Å². The number of unbranched alkanes of at least 4 members (excludes halogenated alkanes) is 7. The van der Waals surface area contributed by atoms with Crippen molar-refractivity contribution in [2.45, 2.75) is 58.3 Å². The molecule has 0 atom stereocenters. The topological polar surface area (TPSA) is 85.0 Å². The second kappa shape index (κ2) is 16.1. The van der Waals surface area contributed by atoms with Gasteiger partial charge in [-0.25, -0.2) is 4.79 Å². The Balaban J connectivity index is 1.31. The minimum atomic E-state index is -0.291. The number of ether oxygens (including phenoxy) is 2. The van der Waals surface area contributed by atoms with Gasteiger partial charge in [0.1, 0.15) is 5.75 Å². The number of azo groups is 2. The van der Waals surface area contributed by atoms with E-state index in [0.717, 1.165) is 59.3 Å². The van der Waals surface area contributed by atoms with E-state index in [-0.39, 0.29) is 5.97 Å². The molecule has 0 aliphatic heterocycles. The lowest BCUT2D eigenvalue weighted by Gasteiger charge is -2.07. The lowest BCUT2D eigenvalue weighted by atomic mass is 10.1. The minimum Gasteiger partial charge on any atom is -0.494 e. The van der Waals surface area contributed by atoms with E-state index in [0.29, 0.717) is 18.8 Å². The van der Waals surface area contributed by atoms with Gasteiger partial charge in [-0.3, -0.25) is 0 Å². The first-order chi connectivity index (χ1) is 18.6. The van der Waals surface area contributed by atoms with Crippen molar-refractivity contribution >= 4 is 33.8 Å². The first-order valence-corrected chi connectivity index (χ1v) is 13.4. The first-order valence-electron chi connectivity index (χ1n) is 13.4. The summed E-state index contributed by atoms with van der Waals surface area (Å²) in [4.78, 5) is 11.3. The molecule has 0 fully saturated rings. The first kappa shape index (κ1) is 28.7. The van der Waals surface area contributed by atoms with Gasteiger partial charge in [-0.2, -0.15) is 15.3 Å². The molecule has 0 aliphatic carbocycles. The molecule has 3 aromatic carbocycles. The Labute approximate surface area is 225 Å². The van der Waals surface area contributed by atoms with Crippen molar-refractivity contribution in [3.05, 3.63) is 72.8 Å². The Morgan fingerprint density at radius 3 is 1.84 bits per heavy atom. The summed E-state index contributed by atoms with van der Waals surface area (Å²) in [6, 6.07) is 19.5. The van der Waals surface area contributed by atoms with E-state index in [9.17, 15) is 4.79 Å². The maximum Gasteiger partial charge on any atom is 0.333 e. The van der Waals surface area contributed by atoms with Crippen molar-refractivity contribution in [3.8, 4) is 5.75 Å². The Bertz CT molecular complexity index is 1240. The third-order valence-corrected chi connectivity index (χ3v) is 6.08. The number of rotatable bonds is 16. The maximum atomic E-state index is 11.3. The highest BCUT2D eigenvalue weighted by atomic mass is 16.5. The van der Waals surface area contributed by atoms with Crippen LogP contribution in [0.5, 0.6) is 5.75 Å². The Morgan fingerprint density at radius 1 is 0.711 bits per heavy atom. The van der Waals surface area contributed by atoms with Gasteiger partial charge in [-0.05, 0) is 56.2 Å². The van der Waals surface area contributed by atoms with Gasteiger partial charge in [0.05, 0.1) is 30.3 Å². The predicted octanol–water partition coefficient (Wildman–Crippen LogP) is 9.59. The number of nitrogens with zero attached hydrogens (tertiary/aromatic N) is 4. The Kier molecular flexibility index (Phi) is 12.1. The van der Waals surface area contributed by atoms with Crippen LogP contribution in [0.3, 0.4) is 0 Å². The summed E-state index contributed by atoms with van der Waals surface area (Å²) in [5.41, 5.74) is 2.84. The molecule has 200 valence electrons. The van der Waals surface area contributed by atoms with Crippen LogP contribution < -0.4 is 4.74 Å². The number of fused-ring (bicyclic) bond motifs is 1. The maximum absolute atomic E-state index is 11.3. The number of carbonyl (C=O) groups excluding carboxylic acids is 1. The third-order valence-electron chi connectivity index (χ3n) is 6.08. The smallest absolute Gasteiger partial charge is 0.333 e. The Morgan fingerprint density at radius 2 is 1.26 bits per heavy atom. The highest BCUT2D eigenvalue weighted by Gasteiger charge is 2.05. The van der Waals surface area contributed by atoms with Crippen LogP contribution in [0.2, 0.25) is 0 Å².